The summed E-state index contributed by atoms with van der Waals surface area (Å²) in [6.45, 7) is 2.19. The standard InChI is InChI=1S/C11H19N3O5/c15-3-1-2-12-10(16)14(5-9-7-19-9)11(17)13-4-8-6-18-8/h8-9,15H,1-7H2,(H,12,16)(H,13,17). The lowest BCUT2D eigenvalue weighted by molar-refractivity contribution is 0.179. The van der Waals surface area contributed by atoms with Gasteiger partial charge in [-0.15, -0.1) is 0 Å². The van der Waals surface area contributed by atoms with Gasteiger partial charge < -0.3 is 25.2 Å². The Morgan fingerprint density at radius 3 is 2.37 bits per heavy atom. The van der Waals surface area contributed by atoms with Crippen LogP contribution in [0.1, 0.15) is 6.42 Å². The molecule has 0 aromatic rings. The van der Waals surface area contributed by atoms with Gasteiger partial charge in [0.1, 0.15) is 0 Å². The second-order valence-electron chi connectivity index (χ2n) is 4.52. The molecule has 2 aliphatic heterocycles. The fraction of sp³-hybridized carbons (Fsp3) is 0.818. The van der Waals surface area contributed by atoms with Gasteiger partial charge in [-0.2, -0.15) is 0 Å². The van der Waals surface area contributed by atoms with E-state index in [-0.39, 0.29) is 25.4 Å². The van der Waals surface area contributed by atoms with Crippen LogP contribution in [0.3, 0.4) is 0 Å². The number of nitrogens with one attached hydrogen (secondary N) is 2. The van der Waals surface area contributed by atoms with Crippen LogP contribution in [0.4, 0.5) is 9.59 Å². The molecule has 0 aromatic heterocycles. The minimum Gasteiger partial charge on any atom is -0.396 e. The molecule has 0 radical (unpaired) electrons. The molecule has 3 N–H and O–H groups in total. The number of imide groups is 1. The van der Waals surface area contributed by atoms with Crippen molar-refractivity contribution in [3.63, 3.8) is 0 Å². The number of epoxide rings is 2. The van der Waals surface area contributed by atoms with Crippen LogP contribution in [0.25, 0.3) is 0 Å². The molecule has 0 saturated carbocycles. The van der Waals surface area contributed by atoms with Gasteiger partial charge in [-0.05, 0) is 6.42 Å². The van der Waals surface area contributed by atoms with E-state index in [4.69, 9.17) is 14.6 Å². The third kappa shape index (κ3) is 5.01. The molecule has 2 unspecified atom stereocenters. The van der Waals surface area contributed by atoms with E-state index in [9.17, 15) is 9.59 Å². The number of nitrogens with zero attached hydrogens (tertiary/aromatic N) is 1. The summed E-state index contributed by atoms with van der Waals surface area (Å²) in [5.41, 5.74) is 0. The van der Waals surface area contributed by atoms with Gasteiger partial charge in [-0.25, -0.2) is 14.5 Å². The van der Waals surface area contributed by atoms with Crippen LogP contribution in [0.5, 0.6) is 0 Å². The average molecular weight is 273 g/mol. The highest BCUT2D eigenvalue weighted by Gasteiger charge is 2.32. The molecule has 0 spiro atoms. The summed E-state index contributed by atoms with van der Waals surface area (Å²) in [7, 11) is 0. The Kier molecular flexibility index (Phi) is 4.94. The molecule has 8 nitrogen and oxygen atoms in total. The predicted octanol–water partition coefficient (Wildman–Crippen LogP) is -1.11. The number of amides is 4. The van der Waals surface area contributed by atoms with E-state index in [1.807, 2.05) is 0 Å². The van der Waals surface area contributed by atoms with E-state index in [1.165, 1.54) is 0 Å². The van der Waals surface area contributed by atoms with Gasteiger partial charge in [-0.3, -0.25) is 0 Å². The van der Waals surface area contributed by atoms with Gasteiger partial charge in [0, 0.05) is 19.7 Å². The Balaban J connectivity index is 1.77. The maximum atomic E-state index is 11.9. The second kappa shape index (κ2) is 6.69. The lowest BCUT2D eigenvalue weighted by Gasteiger charge is -2.20. The summed E-state index contributed by atoms with van der Waals surface area (Å²) in [5.74, 6) is 0. The van der Waals surface area contributed by atoms with Crippen molar-refractivity contribution >= 4 is 12.1 Å². The van der Waals surface area contributed by atoms with Gasteiger partial charge in [0.2, 0.25) is 0 Å². The lowest BCUT2D eigenvalue weighted by Crippen LogP contribution is -2.50. The summed E-state index contributed by atoms with van der Waals surface area (Å²) < 4.78 is 10.0. The van der Waals surface area contributed by atoms with E-state index < -0.39 is 12.1 Å². The number of carbonyl (C=O) groups is 2. The first kappa shape index (κ1) is 14.0. The minimum absolute atomic E-state index is 0.00275. The molecule has 2 fully saturated rings. The molecule has 2 rings (SSSR count). The largest absolute Gasteiger partial charge is 0.396 e. The Bertz CT molecular complexity index is 330. The summed E-state index contributed by atoms with van der Waals surface area (Å²) >= 11 is 0. The highest BCUT2D eigenvalue weighted by Crippen LogP contribution is 2.12. The third-order valence-corrected chi connectivity index (χ3v) is 2.77. The molecule has 4 amide bonds. The van der Waals surface area contributed by atoms with E-state index in [0.717, 1.165) is 4.90 Å². The van der Waals surface area contributed by atoms with Crippen molar-refractivity contribution in [3.8, 4) is 0 Å². The maximum Gasteiger partial charge on any atom is 0.325 e. The summed E-state index contributed by atoms with van der Waals surface area (Å²) in [6.07, 6.45) is 0.462. The van der Waals surface area contributed by atoms with E-state index in [0.29, 0.717) is 32.7 Å². The lowest BCUT2D eigenvalue weighted by atomic mass is 10.4. The normalized spacial score (nSPS) is 23.6. The number of aliphatic hydroxyl groups is 1. The first-order chi connectivity index (χ1) is 9.20. The Morgan fingerprint density at radius 2 is 1.79 bits per heavy atom. The van der Waals surface area contributed by atoms with Crippen LogP contribution in [0.15, 0.2) is 0 Å². The molecule has 108 valence electrons. The summed E-state index contributed by atoms with van der Waals surface area (Å²) in [4.78, 5) is 24.9. The Morgan fingerprint density at radius 1 is 1.16 bits per heavy atom. The number of aliphatic hydroxyl groups excluding tert-OH is 1. The highest BCUT2D eigenvalue weighted by atomic mass is 16.6. The van der Waals surface area contributed by atoms with Crippen LogP contribution in [-0.2, 0) is 9.47 Å². The van der Waals surface area contributed by atoms with Crippen molar-refractivity contribution in [3.05, 3.63) is 0 Å². The average Bonchev–Trinajstić information content (AvgIpc) is 3.27. The predicted molar refractivity (Wildman–Crippen MR) is 64.7 cm³/mol. The molecule has 0 aromatic carbocycles. The van der Waals surface area contributed by atoms with Gasteiger partial charge in [0.15, 0.2) is 0 Å². The molecule has 0 aliphatic carbocycles. The van der Waals surface area contributed by atoms with Crippen LogP contribution in [0, 0.1) is 0 Å². The minimum atomic E-state index is -0.474. The quantitative estimate of drug-likeness (QED) is 0.403. The summed E-state index contributed by atoms with van der Waals surface area (Å²) in [6, 6.07) is -0.925. The van der Waals surface area contributed by atoms with E-state index >= 15 is 0 Å². The SMILES string of the molecule is O=C(NCCCO)N(CC1CO1)C(=O)NCC1CO1. The number of rotatable bonds is 7. The van der Waals surface area contributed by atoms with Crippen LogP contribution in [0.2, 0.25) is 0 Å². The first-order valence-corrected chi connectivity index (χ1v) is 6.38. The molecule has 2 aliphatic rings. The maximum absolute atomic E-state index is 11.9. The highest BCUT2D eigenvalue weighted by molar-refractivity contribution is 5.93. The first-order valence-electron chi connectivity index (χ1n) is 6.38. The van der Waals surface area contributed by atoms with Crippen LogP contribution < -0.4 is 10.6 Å². The van der Waals surface area contributed by atoms with Gasteiger partial charge >= 0.3 is 12.1 Å². The van der Waals surface area contributed by atoms with Gasteiger partial charge in [0.25, 0.3) is 0 Å². The van der Waals surface area contributed by atoms with Crippen molar-refractivity contribution in [2.24, 2.45) is 0 Å². The fourth-order valence-electron chi connectivity index (χ4n) is 1.49. The molecule has 2 saturated heterocycles. The number of ether oxygens (including phenoxy) is 2. The topological polar surface area (TPSA) is 107 Å². The molecule has 0 bridgehead atoms. The third-order valence-electron chi connectivity index (χ3n) is 2.77. The molecule has 2 atom stereocenters. The fourth-order valence-corrected chi connectivity index (χ4v) is 1.49. The molecular weight excluding hydrogens is 254 g/mol. The zero-order valence-electron chi connectivity index (χ0n) is 10.6. The zero-order chi connectivity index (χ0) is 13.7. The molecule has 8 heteroatoms. The van der Waals surface area contributed by atoms with Crippen LogP contribution >= 0.6 is 0 Å². The molecular formula is C11H19N3O5. The molecule has 2 heterocycles. The Labute approximate surface area is 111 Å². The van der Waals surface area contributed by atoms with Crippen molar-refractivity contribution < 1.29 is 24.2 Å². The monoisotopic (exact) mass is 273 g/mol. The van der Waals surface area contributed by atoms with Gasteiger partial charge in [-0.1, -0.05) is 0 Å². The summed E-state index contributed by atoms with van der Waals surface area (Å²) in [5, 5.41) is 13.9. The van der Waals surface area contributed by atoms with Gasteiger partial charge in [0.05, 0.1) is 32.0 Å². The van der Waals surface area contributed by atoms with Crippen molar-refractivity contribution in [2.45, 2.75) is 18.6 Å². The number of hydrogen-bond donors (Lipinski definition) is 3. The van der Waals surface area contributed by atoms with E-state index in [2.05, 4.69) is 10.6 Å². The number of urea groups is 2. The zero-order valence-corrected chi connectivity index (χ0v) is 10.6. The number of carbonyl (C=O) groups excluding carboxylic acids is 2. The van der Waals surface area contributed by atoms with Crippen molar-refractivity contribution in [2.75, 3.05) is 39.5 Å². The van der Waals surface area contributed by atoms with E-state index in [1.54, 1.807) is 0 Å². The molecule has 19 heavy (non-hydrogen) atoms. The number of hydrogen-bond acceptors (Lipinski definition) is 5. The van der Waals surface area contributed by atoms with Crippen LogP contribution in [-0.4, -0.2) is 73.7 Å². The second-order valence-corrected chi connectivity index (χ2v) is 4.52. The Hall–Kier alpha value is -1.38. The smallest absolute Gasteiger partial charge is 0.325 e. The van der Waals surface area contributed by atoms with Crippen molar-refractivity contribution in [1.82, 2.24) is 15.5 Å². The van der Waals surface area contributed by atoms with Crippen molar-refractivity contribution in [1.29, 1.82) is 0 Å².